The molecule has 0 saturated carbocycles. The normalized spacial score (nSPS) is 18.9. The molecule has 0 unspecified atom stereocenters. The molecular formula is C13H19BrN2O. The average Bonchev–Trinajstić information content (AvgIpc) is 2.57. The number of rotatable bonds is 2. The van der Waals surface area contributed by atoms with Gasteiger partial charge >= 0.3 is 0 Å². The number of benzene rings is 1. The zero-order valence-corrected chi connectivity index (χ0v) is 11.7. The fourth-order valence-corrected chi connectivity index (χ4v) is 2.70. The van der Waals surface area contributed by atoms with Crippen LogP contribution in [0.15, 0.2) is 22.7 Å². The van der Waals surface area contributed by atoms with Crippen molar-refractivity contribution in [3.63, 3.8) is 0 Å². The molecule has 1 saturated heterocycles. The largest absolute Gasteiger partial charge is 0.380 e. The highest BCUT2D eigenvalue weighted by atomic mass is 79.9. The number of ether oxygens (including phenoxy) is 1. The number of nitrogens with zero attached hydrogens (tertiary/aromatic N) is 1. The molecule has 2 rings (SSSR count). The predicted molar refractivity (Wildman–Crippen MR) is 74.4 cm³/mol. The first-order valence-corrected chi connectivity index (χ1v) is 6.85. The first-order chi connectivity index (χ1) is 8.18. The molecule has 0 amide bonds. The quantitative estimate of drug-likeness (QED) is 0.912. The molecule has 1 aliphatic heterocycles. The fourth-order valence-electron chi connectivity index (χ4n) is 2.05. The summed E-state index contributed by atoms with van der Waals surface area (Å²) in [6, 6.07) is 6.45. The summed E-state index contributed by atoms with van der Waals surface area (Å²) in [5.74, 6) is 0. The lowest BCUT2D eigenvalue weighted by Gasteiger charge is -2.24. The molecule has 94 valence electrons. The van der Waals surface area contributed by atoms with Crippen LogP contribution in [0.3, 0.4) is 0 Å². The molecule has 0 aromatic heterocycles. The predicted octanol–water partition coefficient (Wildman–Crippen LogP) is 2.70. The highest BCUT2D eigenvalue weighted by Crippen LogP contribution is 2.29. The maximum Gasteiger partial charge on any atom is 0.0641 e. The van der Waals surface area contributed by atoms with Gasteiger partial charge in [0.25, 0.3) is 0 Å². The van der Waals surface area contributed by atoms with Crippen LogP contribution in [-0.4, -0.2) is 26.3 Å². The van der Waals surface area contributed by atoms with Crippen LogP contribution in [0.2, 0.25) is 0 Å². The third kappa shape index (κ3) is 3.21. The molecule has 1 aromatic carbocycles. The van der Waals surface area contributed by atoms with Crippen molar-refractivity contribution in [2.45, 2.75) is 19.4 Å². The maximum absolute atomic E-state index is 5.88. The van der Waals surface area contributed by atoms with Crippen LogP contribution in [0.25, 0.3) is 0 Å². The Hall–Kier alpha value is -0.580. The second-order valence-corrected chi connectivity index (χ2v) is 5.31. The van der Waals surface area contributed by atoms with Crippen molar-refractivity contribution >= 4 is 21.6 Å². The van der Waals surface area contributed by atoms with Crippen molar-refractivity contribution < 1.29 is 4.74 Å². The van der Waals surface area contributed by atoms with Gasteiger partial charge in [0.1, 0.15) is 0 Å². The molecule has 0 aliphatic carbocycles. The van der Waals surface area contributed by atoms with Gasteiger partial charge in [-0.2, -0.15) is 0 Å². The Labute approximate surface area is 111 Å². The number of hydrogen-bond acceptors (Lipinski definition) is 3. The van der Waals surface area contributed by atoms with E-state index in [9.17, 15) is 0 Å². The van der Waals surface area contributed by atoms with Crippen molar-refractivity contribution in [1.29, 1.82) is 0 Å². The fraction of sp³-hybridized carbons (Fsp3) is 0.538. The van der Waals surface area contributed by atoms with E-state index in [1.807, 2.05) is 6.92 Å². The standard InChI is InChI=1S/C13H19BrN2O/c1-10(15)11-3-4-13(12(14)9-11)16-5-2-7-17-8-6-16/h3-4,9-10H,2,5-8,15H2,1H3/t10-/m0/s1. The van der Waals surface area contributed by atoms with Crippen LogP contribution in [0.1, 0.15) is 24.9 Å². The Morgan fingerprint density at radius 2 is 2.18 bits per heavy atom. The van der Waals surface area contributed by atoms with Crippen LogP contribution in [-0.2, 0) is 4.74 Å². The molecule has 0 bridgehead atoms. The van der Waals surface area contributed by atoms with Crippen molar-refractivity contribution in [2.75, 3.05) is 31.2 Å². The van der Waals surface area contributed by atoms with Crippen LogP contribution in [0.4, 0.5) is 5.69 Å². The van der Waals surface area contributed by atoms with Gasteiger partial charge in [0.15, 0.2) is 0 Å². The molecule has 3 nitrogen and oxygen atoms in total. The van der Waals surface area contributed by atoms with E-state index in [4.69, 9.17) is 10.5 Å². The molecular weight excluding hydrogens is 280 g/mol. The van der Waals surface area contributed by atoms with Crippen LogP contribution < -0.4 is 10.6 Å². The molecule has 1 aliphatic rings. The molecule has 2 N–H and O–H groups in total. The van der Waals surface area contributed by atoms with Crippen LogP contribution in [0.5, 0.6) is 0 Å². The van der Waals surface area contributed by atoms with Gasteiger partial charge in [0.2, 0.25) is 0 Å². The van der Waals surface area contributed by atoms with Crippen LogP contribution >= 0.6 is 15.9 Å². The lowest BCUT2D eigenvalue weighted by Crippen LogP contribution is -2.26. The van der Waals surface area contributed by atoms with Gasteiger partial charge in [-0.25, -0.2) is 0 Å². The molecule has 17 heavy (non-hydrogen) atoms. The van der Waals surface area contributed by atoms with E-state index in [1.54, 1.807) is 0 Å². The summed E-state index contributed by atoms with van der Waals surface area (Å²) in [6.07, 6.45) is 1.08. The molecule has 1 heterocycles. The van der Waals surface area contributed by atoms with Crippen molar-refractivity contribution in [3.05, 3.63) is 28.2 Å². The average molecular weight is 299 g/mol. The number of anilines is 1. The highest BCUT2D eigenvalue weighted by molar-refractivity contribution is 9.10. The molecule has 0 spiro atoms. The molecule has 1 aromatic rings. The van der Waals surface area contributed by atoms with Gasteiger partial charge in [-0.15, -0.1) is 0 Å². The highest BCUT2D eigenvalue weighted by Gasteiger charge is 2.13. The smallest absolute Gasteiger partial charge is 0.0641 e. The summed E-state index contributed by atoms with van der Waals surface area (Å²) >= 11 is 3.64. The SMILES string of the molecule is C[C@H](N)c1ccc(N2CCCOCC2)c(Br)c1. The maximum atomic E-state index is 5.88. The summed E-state index contributed by atoms with van der Waals surface area (Å²) in [4.78, 5) is 2.36. The van der Waals surface area contributed by atoms with Crippen molar-refractivity contribution in [2.24, 2.45) is 5.73 Å². The van der Waals surface area contributed by atoms with E-state index in [0.717, 1.165) is 42.8 Å². The first-order valence-electron chi connectivity index (χ1n) is 6.06. The van der Waals surface area contributed by atoms with E-state index < -0.39 is 0 Å². The minimum Gasteiger partial charge on any atom is -0.380 e. The first kappa shape index (κ1) is 12.9. The van der Waals surface area contributed by atoms with E-state index >= 15 is 0 Å². The number of hydrogen-bond donors (Lipinski definition) is 1. The Balaban J connectivity index is 2.19. The Morgan fingerprint density at radius 3 is 2.88 bits per heavy atom. The van der Waals surface area contributed by atoms with Crippen molar-refractivity contribution in [1.82, 2.24) is 0 Å². The second kappa shape index (κ2) is 5.85. The van der Waals surface area contributed by atoms with Gasteiger partial charge < -0.3 is 15.4 Å². The Morgan fingerprint density at radius 1 is 1.35 bits per heavy atom. The lowest BCUT2D eigenvalue weighted by molar-refractivity contribution is 0.152. The van der Waals surface area contributed by atoms with Crippen LogP contribution in [0, 0.1) is 0 Å². The molecule has 4 heteroatoms. The summed E-state index contributed by atoms with van der Waals surface area (Å²) in [7, 11) is 0. The van der Waals surface area contributed by atoms with Gasteiger partial charge in [-0.1, -0.05) is 6.07 Å². The van der Waals surface area contributed by atoms with Gasteiger partial charge in [0.05, 0.1) is 12.3 Å². The van der Waals surface area contributed by atoms with E-state index in [0.29, 0.717) is 0 Å². The Bertz CT molecular complexity index is 374. The van der Waals surface area contributed by atoms with E-state index in [-0.39, 0.29) is 6.04 Å². The topological polar surface area (TPSA) is 38.5 Å². The lowest BCUT2D eigenvalue weighted by atomic mass is 10.1. The minimum atomic E-state index is 0.0767. The number of halogens is 1. The molecule has 1 atom stereocenters. The minimum absolute atomic E-state index is 0.0767. The zero-order chi connectivity index (χ0) is 12.3. The summed E-state index contributed by atoms with van der Waals surface area (Å²) in [5.41, 5.74) is 8.28. The summed E-state index contributed by atoms with van der Waals surface area (Å²) in [5, 5.41) is 0. The third-order valence-corrected chi connectivity index (χ3v) is 3.70. The number of nitrogens with two attached hydrogens (primary N) is 1. The van der Waals surface area contributed by atoms with Crippen molar-refractivity contribution in [3.8, 4) is 0 Å². The van der Waals surface area contributed by atoms with E-state index in [2.05, 4.69) is 39.0 Å². The zero-order valence-electron chi connectivity index (χ0n) is 10.2. The van der Waals surface area contributed by atoms with Gasteiger partial charge in [-0.05, 0) is 47.0 Å². The van der Waals surface area contributed by atoms with Gasteiger partial charge in [0, 0.05) is 30.2 Å². The third-order valence-electron chi connectivity index (χ3n) is 3.06. The molecule has 1 fully saturated rings. The monoisotopic (exact) mass is 298 g/mol. The Kier molecular flexibility index (Phi) is 4.42. The summed E-state index contributed by atoms with van der Waals surface area (Å²) < 4.78 is 6.59. The summed E-state index contributed by atoms with van der Waals surface area (Å²) in [6.45, 7) is 5.68. The van der Waals surface area contributed by atoms with E-state index in [1.165, 1.54) is 5.69 Å². The molecule has 0 radical (unpaired) electrons. The van der Waals surface area contributed by atoms with Gasteiger partial charge in [-0.3, -0.25) is 0 Å². The second-order valence-electron chi connectivity index (χ2n) is 4.45.